The quantitative estimate of drug-likeness (QED) is 0.838. The largest absolute Gasteiger partial charge is 0.493 e. The molecule has 0 heterocycles. The van der Waals surface area contributed by atoms with Gasteiger partial charge in [0.1, 0.15) is 0 Å². The lowest BCUT2D eigenvalue weighted by atomic mass is 10.2. The van der Waals surface area contributed by atoms with E-state index in [1.165, 1.54) is 12.8 Å². The Morgan fingerprint density at radius 1 is 1.00 bits per heavy atom. The van der Waals surface area contributed by atoms with Crippen LogP contribution in [0.15, 0.2) is 18.2 Å². The van der Waals surface area contributed by atoms with E-state index in [9.17, 15) is 9.59 Å². The minimum absolute atomic E-state index is 0.0226. The van der Waals surface area contributed by atoms with Crippen molar-refractivity contribution in [2.75, 3.05) is 19.5 Å². The first kappa shape index (κ1) is 16.6. The normalized spacial score (nSPS) is 22.8. The lowest BCUT2D eigenvalue weighted by Gasteiger charge is -2.12. The van der Waals surface area contributed by atoms with E-state index in [-0.39, 0.29) is 23.7 Å². The lowest BCUT2D eigenvalue weighted by molar-refractivity contribution is -0.125. The minimum atomic E-state index is -0.237. The van der Waals surface area contributed by atoms with Crippen LogP contribution in [0.3, 0.4) is 0 Å². The summed E-state index contributed by atoms with van der Waals surface area (Å²) in [5.74, 6) is 0.644. The molecule has 130 valence electrons. The molecule has 2 atom stereocenters. The van der Waals surface area contributed by atoms with Gasteiger partial charge in [-0.15, -0.1) is 0 Å². The zero-order valence-corrected chi connectivity index (χ0v) is 14.1. The summed E-state index contributed by atoms with van der Waals surface area (Å²) in [5, 5.41) is 5.92. The highest BCUT2D eigenvalue weighted by Gasteiger charge is 2.48. The van der Waals surface area contributed by atoms with Crippen LogP contribution in [0.5, 0.6) is 11.5 Å². The van der Waals surface area contributed by atoms with Crippen LogP contribution in [0.25, 0.3) is 0 Å². The Hall–Kier alpha value is -2.24. The first-order valence-corrected chi connectivity index (χ1v) is 8.45. The topological polar surface area (TPSA) is 76.7 Å². The minimum Gasteiger partial charge on any atom is -0.493 e. The molecule has 0 aromatic heterocycles. The number of amides is 2. The number of nitrogens with one attached hydrogen (secondary N) is 2. The van der Waals surface area contributed by atoms with Gasteiger partial charge in [-0.05, 0) is 31.4 Å². The van der Waals surface area contributed by atoms with Crippen molar-refractivity contribution in [1.29, 1.82) is 0 Å². The van der Waals surface area contributed by atoms with E-state index in [1.807, 2.05) is 0 Å². The number of anilines is 1. The second-order valence-corrected chi connectivity index (χ2v) is 6.50. The number of methoxy groups -OCH3 is 2. The van der Waals surface area contributed by atoms with Gasteiger partial charge in [0.25, 0.3) is 0 Å². The molecular weight excluding hydrogens is 308 g/mol. The summed E-state index contributed by atoms with van der Waals surface area (Å²) in [5.41, 5.74) is 0.638. The van der Waals surface area contributed by atoms with Gasteiger partial charge in [-0.1, -0.05) is 12.8 Å². The Labute approximate surface area is 141 Å². The molecule has 0 aliphatic heterocycles. The number of ether oxygens (including phenoxy) is 2. The van der Waals surface area contributed by atoms with Crippen LogP contribution in [0.2, 0.25) is 0 Å². The molecule has 2 amide bonds. The Morgan fingerprint density at radius 2 is 1.67 bits per heavy atom. The van der Waals surface area contributed by atoms with E-state index in [2.05, 4.69) is 10.6 Å². The Morgan fingerprint density at radius 3 is 2.33 bits per heavy atom. The molecule has 2 N–H and O–H groups in total. The maximum absolute atomic E-state index is 12.3. The zero-order chi connectivity index (χ0) is 17.1. The fraction of sp³-hybridized carbons (Fsp3) is 0.556. The summed E-state index contributed by atoms with van der Waals surface area (Å²) in [4.78, 5) is 24.5. The van der Waals surface area contributed by atoms with Crippen LogP contribution in [-0.4, -0.2) is 32.1 Å². The van der Waals surface area contributed by atoms with Gasteiger partial charge in [-0.3, -0.25) is 9.59 Å². The van der Waals surface area contributed by atoms with Gasteiger partial charge in [-0.25, -0.2) is 0 Å². The van der Waals surface area contributed by atoms with E-state index < -0.39 is 0 Å². The summed E-state index contributed by atoms with van der Waals surface area (Å²) in [6.45, 7) is 0. The molecular formula is C18H24N2O4. The molecule has 2 saturated carbocycles. The number of hydrogen-bond donors (Lipinski definition) is 2. The van der Waals surface area contributed by atoms with Crippen molar-refractivity contribution in [3.05, 3.63) is 18.2 Å². The Bertz CT molecular complexity index is 625. The first-order valence-electron chi connectivity index (χ1n) is 8.45. The monoisotopic (exact) mass is 332 g/mol. The zero-order valence-electron chi connectivity index (χ0n) is 14.1. The van der Waals surface area contributed by atoms with E-state index in [0.717, 1.165) is 12.8 Å². The van der Waals surface area contributed by atoms with Crippen molar-refractivity contribution in [3.8, 4) is 11.5 Å². The smallest absolute Gasteiger partial charge is 0.228 e. The van der Waals surface area contributed by atoms with Crippen LogP contribution >= 0.6 is 0 Å². The van der Waals surface area contributed by atoms with Gasteiger partial charge >= 0.3 is 0 Å². The van der Waals surface area contributed by atoms with Crippen molar-refractivity contribution in [2.45, 2.75) is 38.1 Å². The predicted octanol–water partition coefficient (Wildman–Crippen LogP) is 2.34. The lowest BCUT2D eigenvalue weighted by Crippen LogP contribution is -2.34. The number of carbonyl (C=O) groups is 2. The fourth-order valence-corrected chi connectivity index (χ4v) is 3.30. The van der Waals surface area contributed by atoms with Gasteiger partial charge < -0.3 is 20.1 Å². The summed E-state index contributed by atoms with van der Waals surface area (Å²) >= 11 is 0. The highest BCUT2D eigenvalue weighted by atomic mass is 16.5. The van der Waals surface area contributed by atoms with Crippen molar-refractivity contribution in [3.63, 3.8) is 0 Å². The highest BCUT2D eigenvalue weighted by molar-refractivity contribution is 5.99. The van der Waals surface area contributed by atoms with Crippen molar-refractivity contribution >= 4 is 17.5 Å². The number of carbonyl (C=O) groups excluding carboxylic acids is 2. The maximum Gasteiger partial charge on any atom is 0.228 e. The van der Waals surface area contributed by atoms with Crippen LogP contribution in [-0.2, 0) is 9.59 Å². The van der Waals surface area contributed by atoms with Gasteiger partial charge in [0.05, 0.1) is 26.1 Å². The van der Waals surface area contributed by atoms with Crippen molar-refractivity contribution < 1.29 is 19.1 Å². The number of hydrogen-bond acceptors (Lipinski definition) is 4. The molecule has 1 aromatic rings. The number of benzene rings is 1. The summed E-state index contributed by atoms with van der Waals surface area (Å²) in [6, 6.07) is 5.51. The fourth-order valence-electron chi connectivity index (χ4n) is 3.30. The van der Waals surface area contributed by atoms with Gasteiger partial charge in [0, 0.05) is 17.8 Å². The molecule has 1 aromatic carbocycles. The molecule has 0 saturated heterocycles. The SMILES string of the molecule is COc1ccc(NC(=O)C2CC2C(=O)NC2CCCC2)cc1OC. The standard InChI is InChI=1S/C18H24N2O4/c1-23-15-8-7-12(9-16(15)24-2)20-18(22)14-10-13(14)17(21)19-11-5-3-4-6-11/h7-9,11,13-14H,3-6,10H2,1-2H3,(H,19,21)(H,20,22). The van der Waals surface area contributed by atoms with E-state index >= 15 is 0 Å². The molecule has 6 heteroatoms. The average molecular weight is 332 g/mol. The summed E-state index contributed by atoms with van der Waals surface area (Å²) < 4.78 is 10.4. The second kappa shape index (κ2) is 7.11. The highest BCUT2D eigenvalue weighted by Crippen LogP contribution is 2.40. The van der Waals surface area contributed by atoms with E-state index in [4.69, 9.17) is 9.47 Å². The van der Waals surface area contributed by atoms with Crippen LogP contribution < -0.4 is 20.1 Å². The van der Waals surface area contributed by atoms with Crippen LogP contribution in [0.1, 0.15) is 32.1 Å². The maximum atomic E-state index is 12.3. The third-order valence-electron chi connectivity index (χ3n) is 4.82. The third kappa shape index (κ3) is 3.63. The molecule has 3 rings (SSSR count). The summed E-state index contributed by atoms with van der Waals surface area (Å²) in [7, 11) is 3.11. The number of rotatable bonds is 6. The second-order valence-electron chi connectivity index (χ2n) is 6.50. The first-order chi connectivity index (χ1) is 11.6. The molecule has 0 radical (unpaired) electrons. The third-order valence-corrected chi connectivity index (χ3v) is 4.82. The average Bonchev–Trinajstić information content (AvgIpc) is 3.25. The Balaban J connectivity index is 1.53. The van der Waals surface area contributed by atoms with Gasteiger partial charge in [0.15, 0.2) is 11.5 Å². The Kier molecular flexibility index (Phi) is 4.92. The van der Waals surface area contributed by atoms with Gasteiger partial charge in [0.2, 0.25) is 11.8 Å². The predicted molar refractivity (Wildman–Crippen MR) is 90.2 cm³/mol. The molecule has 2 unspecified atom stereocenters. The van der Waals surface area contributed by atoms with Crippen molar-refractivity contribution in [2.24, 2.45) is 11.8 Å². The molecule has 2 aliphatic rings. The van der Waals surface area contributed by atoms with E-state index in [1.54, 1.807) is 32.4 Å². The van der Waals surface area contributed by atoms with Crippen LogP contribution in [0, 0.1) is 11.8 Å². The molecule has 6 nitrogen and oxygen atoms in total. The van der Waals surface area contributed by atoms with Gasteiger partial charge in [-0.2, -0.15) is 0 Å². The molecule has 2 fully saturated rings. The summed E-state index contributed by atoms with van der Waals surface area (Å²) in [6.07, 6.45) is 5.09. The molecule has 24 heavy (non-hydrogen) atoms. The van der Waals surface area contributed by atoms with E-state index in [0.29, 0.717) is 29.6 Å². The molecule has 0 spiro atoms. The molecule has 0 bridgehead atoms. The molecule has 2 aliphatic carbocycles. The van der Waals surface area contributed by atoms with Crippen molar-refractivity contribution in [1.82, 2.24) is 5.32 Å². The van der Waals surface area contributed by atoms with Crippen LogP contribution in [0.4, 0.5) is 5.69 Å².